The van der Waals surface area contributed by atoms with Gasteiger partial charge >= 0.3 is 6.18 Å². The van der Waals surface area contributed by atoms with E-state index in [4.69, 9.17) is 0 Å². The quantitative estimate of drug-likeness (QED) is 0.651. The van der Waals surface area contributed by atoms with Gasteiger partial charge in [-0.05, 0) is 44.4 Å². The Kier molecular flexibility index (Phi) is 5.95. The number of aryl methyl sites for hydroxylation is 2. The monoisotopic (exact) mass is 430 g/mol. The van der Waals surface area contributed by atoms with Gasteiger partial charge in [0.1, 0.15) is 5.82 Å². The van der Waals surface area contributed by atoms with Crippen LogP contribution >= 0.6 is 0 Å². The third kappa shape index (κ3) is 5.22. The summed E-state index contributed by atoms with van der Waals surface area (Å²) < 4.78 is 40.5. The summed E-state index contributed by atoms with van der Waals surface area (Å²) in [5, 5.41) is 7.89. The van der Waals surface area contributed by atoms with Crippen molar-refractivity contribution in [3.63, 3.8) is 0 Å². The Balaban J connectivity index is 1.34. The van der Waals surface area contributed by atoms with Gasteiger partial charge < -0.3 is 5.32 Å². The molecule has 1 aliphatic heterocycles. The van der Waals surface area contributed by atoms with E-state index in [0.717, 1.165) is 43.4 Å². The largest absolute Gasteiger partial charge is 0.416 e. The van der Waals surface area contributed by atoms with Gasteiger partial charge in [0.05, 0.1) is 23.7 Å². The normalized spacial score (nSPS) is 15.9. The number of halogens is 3. The highest BCUT2D eigenvalue weighted by Crippen LogP contribution is 2.30. The molecule has 1 fully saturated rings. The Hall–Kier alpha value is -2.94. The van der Waals surface area contributed by atoms with Crippen LogP contribution in [0, 0.1) is 13.8 Å². The minimum absolute atomic E-state index is 0.239. The van der Waals surface area contributed by atoms with Crippen LogP contribution in [0.4, 0.5) is 19.0 Å². The van der Waals surface area contributed by atoms with Gasteiger partial charge in [0.25, 0.3) is 0 Å². The molecule has 1 aliphatic rings. The molecule has 0 saturated carbocycles. The van der Waals surface area contributed by atoms with Crippen molar-refractivity contribution in [2.45, 2.75) is 45.5 Å². The zero-order valence-electron chi connectivity index (χ0n) is 17.5. The first-order chi connectivity index (χ1) is 14.8. The van der Waals surface area contributed by atoms with E-state index in [-0.39, 0.29) is 6.04 Å². The van der Waals surface area contributed by atoms with Gasteiger partial charge in [-0.3, -0.25) is 9.88 Å². The predicted molar refractivity (Wildman–Crippen MR) is 112 cm³/mol. The molecule has 3 heterocycles. The molecule has 164 valence electrons. The van der Waals surface area contributed by atoms with Gasteiger partial charge in [0.2, 0.25) is 0 Å². The van der Waals surface area contributed by atoms with Crippen LogP contribution < -0.4 is 5.32 Å². The molecule has 31 heavy (non-hydrogen) atoms. The summed E-state index contributed by atoms with van der Waals surface area (Å²) in [4.78, 5) is 11.1. The van der Waals surface area contributed by atoms with Crippen molar-refractivity contribution >= 4 is 5.82 Å². The number of hydrogen-bond acceptors (Lipinski definition) is 5. The van der Waals surface area contributed by atoms with Gasteiger partial charge in [0, 0.05) is 31.4 Å². The molecule has 0 unspecified atom stereocenters. The highest BCUT2D eigenvalue weighted by Gasteiger charge is 2.30. The Labute approximate surface area is 179 Å². The highest BCUT2D eigenvalue weighted by atomic mass is 19.4. The minimum Gasteiger partial charge on any atom is -0.366 e. The fraction of sp³-hybridized carbons (Fsp3) is 0.409. The zero-order chi connectivity index (χ0) is 22.0. The number of aromatic nitrogens is 4. The van der Waals surface area contributed by atoms with Gasteiger partial charge in [-0.15, -0.1) is 0 Å². The lowest BCUT2D eigenvalue weighted by atomic mass is 10.0. The maximum absolute atomic E-state index is 12.9. The number of hydrogen-bond donors (Lipinski definition) is 1. The molecule has 0 spiro atoms. The number of piperidine rings is 1. The third-order valence-electron chi connectivity index (χ3n) is 5.45. The molecule has 1 aromatic carbocycles. The summed E-state index contributed by atoms with van der Waals surface area (Å²) in [5.41, 5.74) is 2.00. The van der Waals surface area contributed by atoms with E-state index in [1.54, 1.807) is 23.1 Å². The van der Waals surface area contributed by atoms with Crippen LogP contribution in [-0.2, 0) is 12.7 Å². The van der Waals surface area contributed by atoms with Crippen molar-refractivity contribution in [2.24, 2.45) is 0 Å². The lowest BCUT2D eigenvalue weighted by Gasteiger charge is -2.32. The second kappa shape index (κ2) is 8.66. The van der Waals surface area contributed by atoms with E-state index in [1.165, 1.54) is 12.1 Å². The van der Waals surface area contributed by atoms with Crippen LogP contribution in [0.1, 0.15) is 35.4 Å². The Morgan fingerprint density at radius 3 is 2.55 bits per heavy atom. The van der Waals surface area contributed by atoms with Crippen LogP contribution in [0.15, 0.2) is 42.7 Å². The third-order valence-corrected chi connectivity index (χ3v) is 5.45. The van der Waals surface area contributed by atoms with E-state index in [2.05, 4.69) is 25.3 Å². The SMILES string of the molecule is Cc1cc(C)n(-c2cncc(NC3CCN(Cc4cccc(C(F)(F)F)c4)CC3)n2)n1. The van der Waals surface area contributed by atoms with Gasteiger partial charge in [-0.2, -0.15) is 18.3 Å². The number of nitrogens with one attached hydrogen (secondary N) is 1. The van der Waals surface area contributed by atoms with Crippen LogP contribution in [0.25, 0.3) is 5.82 Å². The number of alkyl halides is 3. The molecule has 6 nitrogen and oxygen atoms in total. The standard InChI is InChI=1S/C22H25F3N6/c1-15-10-16(2)31(29-15)21-13-26-12-20(28-21)27-19-6-8-30(9-7-19)14-17-4-3-5-18(11-17)22(23,24)25/h3-5,10-13,19H,6-9,14H2,1-2H3,(H,27,28). The van der Waals surface area contributed by atoms with Gasteiger partial charge in [-0.1, -0.05) is 18.2 Å². The van der Waals surface area contributed by atoms with Crippen LogP contribution in [0.2, 0.25) is 0 Å². The number of likely N-dealkylation sites (tertiary alicyclic amines) is 1. The molecule has 1 N–H and O–H groups in total. The van der Waals surface area contributed by atoms with Crippen LogP contribution in [0.5, 0.6) is 0 Å². The zero-order valence-corrected chi connectivity index (χ0v) is 17.5. The lowest BCUT2D eigenvalue weighted by molar-refractivity contribution is -0.137. The van der Waals surface area contributed by atoms with Crippen molar-refractivity contribution in [1.82, 2.24) is 24.6 Å². The summed E-state index contributed by atoms with van der Waals surface area (Å²) in [7, 11) is 0. The highest BCUT2D eigenvalue weighted by molar-refractivity contribution is 5.37. The van der Waals surface area contributed by atoms with E-state index in [1.807, 2.05) is 19.9 Å². The maximum Gasteiger partial charge on any atom is 0.416 e. The topological polar surface area (TPSA) is 58.9 Å². The second-order valence-corrected chi connectivity index (χ2v) is 7.99. The van der Waals surface area contributed by atoms with Crippen molar-refractivity contribution in [3.05, 3.63) is 65.2 Å². The molecule has 0 aliphatic carbocycles. The summed E-state index contributed by atoms with van der Waals surface area (Å²) >= 11 is 0. The Morgan fingerprint density at radius 2 is 1.87 bits per heavy atom. The Bertz CT molecular complexity index is 1040. The van der Waals surface area contributed by atoms with Crippen molar-refractivity contribution < 1.29 is 13.2 Å². The lowest BCUT2D eigenvalue weighted by Crippen LogP contribution is -2.38. The Morgan fingerprint density at radius 1 is 1.10 bits per heavy atom. The van der Waals surface area contributed by atoms with Crippen molar-refractivity contribution in [2.75, 3.05) is 18.4 Å². The van der Waals surface area contributed by atoms with E-state index in [9.17, 15) is 13.2 Å². The second-order valence-electron chi connectivity index (χ2n) is 7.99. The summed E-state index contributed by atoms with van der Waals surface area (Å²) in [6.07, 6.45) is 0.831. The summed E-state index contributed by atoms with van der Waals surface area (Å²) in [6.45, 7) is 6.04. The van der Waals surface area contributed by atoms with E-state index >= 15 is 0 Å². The molecule has 9 heteroatoms. The fourth-order valence-electron chi connectivity index (χ4n) is 3.94. The van der Waals surface area contributed by atoms with Crippen LogP contribution in [0.3, 0.4) is 0 Å². The maximum atomic E-state index is 12.9. The average molecular weight is 430 g/mol. The first-order valence-electron chi connectivity index (χ1n) is 10.3. The molecular weight excluding hydrogens is 405 g/mol. The van der Waals surface area contributed by atoms with Gasteiger partial charge in [-0.25, -0.2) is 9.67 Å². The molecule has 0 amide bonds. The smallest absolute Gasteiger partial charge is 0.366 e. The molecule has 0 radical (unpaired) electrons. The first kappa shape index (κ1) is 21.3. The number of rotatable bonds is 5. The molecule has 2 aromatic heterocycles. The molecule has 1 saturated heterocycles. The summed E-state index contributed by atoms with van der Waals surface area (Å²) in [6, 6.07) is 7.80. The van der Waals surface area contributed by atoms with E-state index < -0.39 is 11.7 Å². The average Bonchev–Trinajstić information content (AvgIpc) is 3.07. The molecular formula is C22H25F3N6. The molecule has 3 aromatic rings. The fourth-order valence-corrected chi connectivity index (χ4v) is 3.94. The number of nitrogens with zero attached hydrogens (tertiary/aromatic N) is 5. The molecule has 0 bridgehead atoms. The number of anilines is 1. The van der Waals surface area contributed by atoms with E-state index in [0.29, 0.717) is 23.7 Å². The van der Waals surface area contributed by atoms with Gasteiger partial charge in [0.15, 0.2) is 5.82 Å². The molecule has 0 atom stereocenters. The minimum atomic E-state index is -4.31. The summed E-state index contributed by atoms with van der Waals surface area (Å²) in [5.74, 6) is 1.36. The van der Waals surface area contributed by atoms with Crippen molar-refractivity contribution in [3.8, 4) is 5.82 Å². The molecule has 4 rings (SSSR count). The van der Waals surface area contributed by atoms with Crippen LogP contribution in [-0.4, -0.2) is 43.8 Å². The predicted octanol–water partition coefficient (Wildman–Crippen LogP) is 4.37. The first-order valence-corrected chi connectivity index (χ1v) is 10.3. The van der Waals surface area contributed by atoms with Crippen molar-refractivity contribution in [1.29, 1.82) is 0 Å². The number of benzene rings is 1.